The van der Waals surface area contributed by atoms with Gasteiger partial charge in [-0.25, -0.2) is 9.97 Å². The summed E-state index contributed by atoms with van der Waals surface area (Å²) in [6.45, 7) is 1.89. The lowest BCUT2D eigenvalue weighted by Crippen LogP contribution is -2.18. The van der Waals surface area contributed by atoms with Gasteiger partial charge in [-0.05, 0) is 37.7 Å². The maximum absolute atomic E-state index is 11.2. The highest BCUT2D eigenvalue weighted by atomic mass is 16.4. The van der Waals surface area contributed by atoms with E-state index in [0.29, 0.717) is 6.42 Å². The molecule has 1 aromatic rings. The topological polar surface area (TPSA) is 63.1 Å². The number of carboxylic acids is 1. The summed E-state index contributed by atoms with van der Waals surface area (Å²) in [7, 11) is 0. The van der Waals surface area contributed by atoms with Crippen LogP contribution < -0.4 is 0 Å². The largest absolute Gasteiger partial charge is 0.481 e. The molecule has 0 saturated carbocycles. The van der Waals surface area contributed by atoms with Crippen LogP contribution in [0.5, 0.6) is 0 Å². The zero-order chi connectivity index (χ0) is 11.5. The van der Waals surface area contributed by atoms with Crippen LogP contribution in [-0.2, 0) is 17.6 Å². The molecule has 1 aliphatic rings. The van der Waals surface area contributed by atoms with Crippen molar-refractivity contribution in [3.63, 3.8) is 0 Å². The number of hydrogen-bond donors (Lipinski definition) is 1. The van der Waals surface area contributed by atoms with Crippen molar-refractivity contribution in [3.8, 4) is 0 Å². The lowest BCUT2D eigenvalue weighted by atomic mass is 9.89. The quantitative estimate of drug-likeness (QED) is 0.845. The first-order valence-corrected chi connectivity index (χ1v) is 5.79. The third-order valence-corrected chi connectivity index (χ3v) is 3.19. The van der Waals surface area contributed by atoms with E-state index in [0.717, 1.165) is 42.6 Å². The monoisotopic (exact) mass is 220 g/mol. The van der Waals surface area contributed by atoms with Gasteiger partial charge in [0.25, 0.3) is 0 Å². The summed E-state index contributed by atoms with van der Waals surface area (Å²) in [5.41, 5.74) is 2.87. The minimum Gasteiger partial charge on any atom is -0.481 e. The third-order valence-electron chi connectivity index (χ3n) is 3.19. The summed E-state index contributed by atoms with van der Waals surface area (Å²) in [6, 6.07) is 0. The second-order valence-electron chi connectivity index (χ2n) is 4.19. The zero-order valence-corrected chi connectivity index (χ0v) is 9.44. The highest BCUT2D eigenvalue weighted by molar-refractivity contribution is 5.75. The number of hydrogen-bond acceptors (Lipinski definition) is 3. The highest BCUT2D eigenvalue weighted by Gasteiger charge is 2.25. The van der Waals surface area contributed by atoms with Crippen LogP contribution in [0.2, 0.25) is 0 Å². The lowest BCUT2D eigenvalue weighted by Gasteiger charge is -2.20. The Bertz CT molecular complexity index is 404. The lowest BCUT2D eigenvalue weighted by molar-refractivity contribution is -0.139. The Balaban J connectivity index is 2.43. The molecule has 4 heteroatoms. The summed E-state index contributed by atoms with van der Waals surface area (Å²) < 4.78 is 0. The molecule has 16 heavy (non-hydrogen) atoms. The Morgan fingerprint density at radius 2 is 2.19 bits per heavy atom. The normalized spacial score (nSPS) is 16.6. The molecule has 0 spiro atoms. The molecule has 1 heterocycles. The molecule has 1 N–H and O–H groups in total. The van der Waals surface area contributed by atoms with Gasteiger partial charge in [0.2, 0.25) is 0 Å². The molecule has 0 aromatic carbocycles. The number of nitrogens with zero attached hydrogens (tertiary/aromatic N) is 2. The molecular formula is C12H16N2O2. The Kier molecular flexibility index (Phi) is 3.17. The van der Waals surface area contributed by atoms with Crippen molar-refractivity contribution in [2.75, 3.05) is 0 Å². The first kappa shape index (κ1) is 11.0. The molecule has 1 atom stereocenters. The number of aromatic nitrogens is 2. The van der Waals surface area contributed by atoms with Gasteiger partial charge in [0.15, 0.2) is 0 Å². The van der Waals surface area contributed by atoms with Gasteiger partial charge in [0.1, 0.15) is 6.33 Å². The summed E-state index contributed by atoms with van der Waals surface area (Å²) in [4.78, 5) is 19.6. The van der Waals surface area contributed by atoms with E-state index in [1.54, 1.807) is 0 Å². The molecule has 86 valence electrons. The highest BCUT2D eigenvalue weighted by Crippen LogP contribution is 2.27. The van der Waals surface area contributed by atoms with E-state index in [9.17, 15) is 4.79 Å². The number of rotatable bonds is 3. The van der Waals surface area contributed by atoms with Gasteiger partial charge in [-0.2, -0.15) is 0 Å². The van der Waals surface area contributed by atoms with Crippen molar-refractivity contribution < 1.29 is 9.90 Å². The fourth-order valence-corrected chi connectivity index (χ4v) is 2.33. The van der Waals surface area contributed by atoms with Gasteiger partial charge in [-0.3, -0.25) is 4.79 Å². The second-order valence-corrected chi connectivity index (χ2v) is 4.19. The average molecular weight is 220 g/mol. The van der Waals surface area contributed by atoms with Crippen molar-refractivity contribution in [2.45, 2.75) is 44.9 Å². The molecule has 4 nitrogen and oxygen atoms in total. The van der Waals surface area contributed by atoms with Crippen molar-refractivity contribution >= 4 is 5.97 Å². The maximum Gasteiger partial charge on any atom is 0.312 e. The Morgan fingerprint density at radius 1 is 1.44 bits per heavy atom. The Morgan fingerprint density at radius 3 is 2.88 bits per heavy atom. The molecule has 1 aliphatic carbocycles. The molecule has 2 rings (SSSR count). The van der Waals surface area contributed by atoms with E-state index in [2.05, 4.69) is 9.97 Å². The van der Waals surface area contributed by atoms with Crippen molar-refractivity contribution in [2.24, 2.45) is 0 Å². The van der Waals surface area contributed by atoms with Gasteiger partial charge < -0.3 is 5.11 Å². The van der Waals surface area contributed by atoms with Crippen LogP contribution in [0.1, 0.15) is 49.1 Å². The Labute approximate surface area is 94.7 Å². The van der Waals surface area contributed by atoms with Crippen LogP contribution in [0.15, 0.2) is 6.33 Å². The molecular weight excluding hydrogens is 204 g/mol. The summed E-state index contributed by atoms with van der Waals surface area (Å²) in [5.74, 6) is -1.26. The van der Waals surface area contributed by atoms with E-state index in [1.165, 1.54) is 6.33 Å². The molecule has 1 aromatic heterocycles. The molecule has 0 aliphatic heterocycles. The van der Waals surface area contributed by atoms with Gasteiger partial charge in [-0.15, -0.1) is 0 Å². The van der Waals surface area contributed by atoms with E-state index < -0.39 is 11.9 Å². The SMILES string of the molecule is CCC(C(=O)O)c1ncnc2c1CCCC2. The fourth-order valence-electron chi connectivity index (χ4n) is 2.33. The van der Waals surface area contributed by atoms with E-state index in [-0.39, 0.29) is 0 Å². The zero-order valence-electron chi connectivity index (χ0n) is 9.44. The number of fused-ring (bicyclic) bond motifs is 1. The van der Waals surface area contributed by atoms with Crippen molar-refractivity contribution in [3.05, 3.63) is 23.3 Å². The number of aryl methyl sites for hydroxylation is 1. The predicted octanol–water partition coefficient (Wildman–Crippen LogP) is 1.93. The molecule has 0 saturated heterocycles. The van der Waals surface area contributed by atoms with Crippen LogP contribution in [0, 0.1) is 0 Å². The molecule has 0 fully saturated rings. The number of aliphatic carboxylic acids is 1. The minimum absolute atomic E-state index is 0.477. The third kappa shape index (κ3) is 1.92. The second kappa shape index (κ2) is 4.60. The van der Waals surface area contributed by atoms with Crippen molar-refractivity contribution in [1.29, 1.82) is 0 Å². The van der Waals surface area contributed by atoms with Crippen LogP contribution in [-0.4, -0.2) is 21.0 Å². The van der Waals surface area contributed by atoms with Crippen LogP contribution in [0.4, 0.5) is 0 Å². The average Bonchev–Trinajstić information content (AvgIpc) is 2.30. The standard InChI is InChI=1S/C12H16N2O2/c1-2-8(12(15)16)11-9-5-3-4-6-10(9)13-7-14-11/h7-8H,2-6H2,1H3,(H,15,16). The first-order valence-electron chi connectivity index (χ1n) is 5.79. The van der Waals surface area contributed by atoms with Crippen LogP contribution in [0.3, 0.4) is 0 Å². The molecule has 1 unspecified atom stereocenters. The van der Waals surface area contributed by atoms with E-state index in [4.69, 9.17) is 5.11 Å². The van der Waals surface area contributed by atoms with Crippen molar-refractivity contribution in [1.82, 2.24) is 9.97 Å². The van der Waals surface area contributed by atoms with Crippen LogP contribution >= 0.6 is 0 Å². The van der Waals surface area contributed by atoms with Gasteiger partial charge in [0, 0.05) is 5.69 Å². The van der Waals surface area contributed by atoms with E-state index >= 15 is 0 Å². The molecule has 0 amide bonds. The van der Waals surface area contributed by atoms with Gasteiger partial charge >= 0.3 is 5.97 Å². The van der Waals surface area contributed by atoms with E-state index in [1.807, 2.05) is 6.92 Å². The van der Waals surface area contributed by atoms with Crippen LogP contribution in [0.25, 0.3) is 0 Å². The summed E-state index contributed by atoms with van der Waals surface area (Å²) in [5, 5.41) is 9.17. The number of carbonyl (C=O) groups is 1. The fraction of sp³-hybridized carbons (Fsp3) is 0.583. The minimum atomic E-state index is -0.783. The maximum atomic E-state index is 11.2. The smallest absolute Gasteiger partial charge is 0.312 e. The number of carboxylic acid groups (broad SMARTS) is 1. The summed E-state index contributed by atoms with van der Waals surface area (Å²) in [6.07, 6.45) is 6.23. The van der Waals surface area contributed by atoms with Gasteiger partial charge in [-0.1, -0.05) is 6.92 Å². The first-order chi connectivity index (χ1) is 7.74. The summed E-state index contributed by atoms with van der Waals surface area (Å²) >= 11 is 0. The molecule has 0 radical (unpaired) electrons. The Hall–Kier alpha value is -1.45. The van der Waals surface area contributed by atoms with Gasteiger partial charge in [0.05, 0.1) is 11.6 Å². The molecule has 0 bridgehead atoms. The predicted molar refractivity (Wildman–Crippen MR) is 59.3 cm³/mol.